The van der Waals surface area contributed by atoms with E-state index in [2.05, 4.69) is 29.5 Å². The average Bonchev–Trinajstić information content (AvgIpc) is 2.64. The van der Waals surface area contributed by atoms with Crippen molar-refractivity contribution in [3.63, 3.8) is 0 Å². The fourth-order valence-corrected chi connectivity index (χ4v) is 2.54. The average molecular weight is 367 g/mol. The van der Waals surface area contributed by atoms with Crippen molar-refractivity contribution in [3.8, 4) is 0 Å². The van der Waals surface area contributed by atoms with Crippen molar-refractivity contribution in [1.82, 2.24) is 4.98 Å². The summed E-state index contributed by atoms with van der Waals surface area (Å²) in [5, 5.41) is 5.60. The maximum absolute atomic E-state index is 13.7. The SMILES string of the molecule is CC(C)c1ccc(Nc2cncc(C(=O)Nc3ccc(F)cc3F)c2)cc1. The van der Waals surface area contributed by atoms with Gasteiger partial charge in [0.25, 0.3) is 5.91 Å². The second-order valence-electron chi connectivity index (χ2n) is 6.44. The number of rotatable bonds is 5. The predicted octanol–water partition coefficient (Wildman–Crippen LogP) is 5.48. The van der Waals surface area contributed by atoms with Crippen molar-refractivity contribution in [2.45, 2.75) is 19.8 Å². The molecular formula is C21H19F2N3O. The van der Waals surface area contributed by atoms with Gasteiger partial charge in [0, 0.05) is 18.0 Å². The molecule has 1 amide bonds. The summed E-state index contributed by atoms with van der Waals surface area (Å²) in [4.78, 5) is 16.4. The predicted molar refractivity (Wildman–Crippen MR) is 102 cm³/mol. The summed E-state index contributed by atoms with van der Waals surface area (Å²) in [5.41, 5.74) is 2.88. The van der Waals surface area contributed by atoms with Crippen LogP contribution in [0.5, 0.6) is 0 Å². The van der Waals surface area contributed by atoms with Crippen molar-refractivity contribution >= 4 is 23.0 Å². The zero-order valence-corrected chi connectivity index (χ0v) is 15.0. The second kappa shape index (κ2) is 7.95. The van der Waals surface area contributed by atoms with Crippen LogP contribution in [0.15, 0.2) is 60.9 Å². The van der Waals surface area contributed by atoms with E-state index in [4.69, 9.17) is 0 Å². The Morgan fingerprint density at radius 2 is 1.70 bits per heavy atom. The van der Waals surface area contributed by atoms with Crippen molar-refractivity contribution in [2.75, 3.05) is 10.6 Å². The summed E-state index contributed by atoms with van der Waals surface area (Å²) in [5.74, 6) is -1.64. The zero-order valence-electron chi connectivity index (χ0n) is 15.0. The molecule has 0 aliphatic rings. The zero-order chi connectivity index (χ0) is 19.4. The summed E-state index contributed by atoms with van der Waals surface area (Å²) in [6, 6.07) is 12.6. The molecule has 0 saturated heterocycles. The fourth-order valence-electron chi connectivity index (χ4n) is 2.54. The van der Waals surface area contributed by atoms with Gasteiger partial charge in [-0.25, -0.2) is 8.78 Å². The Morgan fingerprint density at radius 3 is 2.37 bits per heavy atom. The van der Waals surface area contributed by atoms with Gasteiger partial charge in [0.2, 0.25) is 0 Å². The van der Waals surface area contributed by atoms with Crippen LogP contribution in [0.1, 0.15) is 35.7 Å². The van der Waals surface area contributed by atoms with Gasteiger partial charge in [-0.15, -0.1) is 0 Å². The third kappa shape index (κ3) is 4.67. The highest BCUT2D eigenvalue weighted by molar-refractivity contribution is 6.04. The number of pyridine rings is 1. The van der Waals surface area contributed by atoms with E-state index in [1.54, 1.807) is 12.3 Å². The summed E-state index contributed by atoms with van der Waals surface area (Å²) < 4.78 is 26.7. The molecule has 0 radical (unpaired) electrons. The number of aromatic nitrogens is 1. The molecule has 3 rings (SSSR count). The van der Waals surface area contributed by atoms with E-state index < -0.39 is 17.5 Å². The lowest BCUT2D eigenvalue weighted by atomic mass is 10.0. The maximum Gasteiger partial charge on any atom is 0.257 e. The number of amides is 1. The van der Waals surface area contributed by atoms with Gasteiger partial charge in [0.1, 0.15) is 11.6 Å². The largest absolute Gasteiger partial charge is 0.354 e. The topological polar surface area (TPSA) is 54.0 Å². The highest BCUT2D eigenvalue weighted by Crippen LogP contribution is 2.21. The number of halogens is 2. The maximum atomic E-state index is 13.7. The lowest BCUT2D eigenvalue weighted by Gasteiger charge is -2.10. The molecule has 6 heteroatoms. The molecule has 0 aliphatic carbocycles. The van der Waals surface area contributed by atoms with E-state index in [-0.39, 0.29) is 11.3 Å². The normalized spacial score (nSPS) is 10.7. The highest BCUT2D eigenvalue weighted by Gasteiger charge is 2.11. The van der Waals surface area contributed by atoms with Crippen LogP contribution in [0.4, 0.5) is 25.8 Å². The van der Waals surface area contributed by atoms with Gasteiger partial charge in [-0.05, 0) is 41.8 Å². The quantitative estimate of drug-likeness (QED) is 0.628. The number of anilines is 3. The third-order valence-electron chi connectivity index (χ3n) is 4.05. The van der Waals surface area contributed by atoms with Crippen LogP contribution in [-0.2, 0) is 0 Å². The molecule has 0 aliphatic heterocycles. The first-order chi connectivity index (χ1) is 12.9. The molecule has 3 aromatic rings. The molecule has 0 fully saturated rings. The van der Waals surface area contributed by atoms with Gasteiger partial charge < -0.3 is 10.6 Å². The highest BCUT2D eigenvalue weighted by atomic mass is 19.1. The molecule has 0 saturated carbocycles. The molecule has 0 atom stereocenters. The summed E-state index contributed by atoms with van der Waals surface area (Å²) in [6.07, 6.45) is 2.97. The lowest BCUT2D eigenvalue weighted by Crippen LogP contribution is -2.13. The Bertz CT molecular complexity index is 956. The molecular weight excluding hydrogens is 348 g/mol. The molecule has 0 bridgehead atoms. The van der Waals surface area contributed by atoms with Crippen LogP contribution in [0.25, 0.3) is 0 Å². The number of nitrogens with zero attached hydrogens (tertiary/aromatic N) is 1. The van der Waals surface area contributed by atoms with E-state index in [0.29, 0.717) is 17.7 Å². The van der Waals surface area contributed by atoms with E-state index in [1.807, 2.05) is 24.3 Å². The molecule has 1 aromatic heterocycles. The number of benzene rings is 2. The number of hydrogen-bond donors (Lipinski definition) is 2. The summed E-state index contributed by atoms with van der Waals surface area (Å²) in [6.45, 7) is 4.25. The third-order valence-corrected chi connectivity index (χ3v) is 4.05. The molecule has 2 N–H and O–H groups in total. The van der Waals surface area contributed by atoms with Crippen LogP contribution >= 0.6 is 0 Å². The Morgan fingerprint density at radius 1 is 0.963 bits per heavy atom. The van der Waals surface area contributed by atoms with Crippen molar-refractivity contribution in [2.24, 2.45) is 0 Å². The van der Waals surface area contributed by atoms with Gasteiger partial charge in [-0.3, -0.25) is 9.78 Å². The fraction of sp³-hybridized carbons (Fsp3) is 0.143. The lowest BCUT2D eigenvalue weighted by molar-refractivity contribution is 0.102. The first kappa shape index (κ1) is 18.5. The van der Waals surface area contributed by atoms with Gasteiger partial charge in [0.05, 0.1) is 23.1 Å². The minimum absolute atomic E-state index is 0.0935. The Kier molecular flexibility index (Phi) is 5.45. The van der Waals surface area contributed by atoms with Crippen LogP contribution in [0.2, 0.25) is 0 Å². The number of carbonyl (C=O) groups is 1. The molecule has 0 unspecified atom stereocenters. The van der Waals surface area contributed by atoms with Crippen LogP contribution < -0.4 is 10.6 Å². The van der Waals surface area contributed by atoms with Crippen LogP contribution in [-0.4, -0.2) is 10.9 Å². The monoisotopic (exact) mass is 367 g/mol. The van der Waals surface area contributed by atoms with Gasteiger partial charge >= 0.3 is 0 Å². The van der Waals surface area contributed by atoms with Gasteiger partial charge in [-0.1, -0.05) is 26.0 Å². The van der Waals surface area contributed by atoms with Crippen LogP contribution in [0.3, 0.4) is 0 Å². The molecule has 4 nitrogen and oxygen atoms in total. The Balaban J connectivity index is 1.73. The van der Waals surface area contributed by atoms with Gasteiger partial charge in [-0.2, -0.15) is 0 Å². The van der Waals surface area contributed by atoms with E-state index in [0.717, 1.165) is 11.8 Å². The van der Waals surface area contributed by atoms with Crippen molar-refractivity contribution < 1.29 is 13.6 Å². The van der Waals surface area contributed by atoms with Crippen molar-refractivity contribution in [3.05, 3.63) is 83.7 Å². The van der Waals surface area contributed by atoms with E-state index in [1.165, 1.54) is 17.8 Å². The number of hydrogen-bond acceptors (Lipinski definition) is 3. The summed E-state index contributed by atoms with van der Waals surface area (Å²) in [7, 11) is 0. The number of nitrogens with one attached hydrogen (secondary N) is 2. The smallest absolute Gasteiger partial charge is 0.257 e. The Hall–Kier alpha value is -3.28. The summed E-state index contributed by atoms with van der Waals surface area (Å²) >= 11 is 0. The minimum atomic E-state index is -0.837. The second-order valence-corrected chi connectivity index (χ2v) is 6.44. The standard InChI is InChI=1S/C21H19F2N3O/c1-13(2)14-3-6-17(7-4-14)25-18-9-15(11-24-12-18)21(27)26-20-8-5-16(22)10-19(20)23/h3-13,25H,1-2H3,(H,26,27). The van der Waals surface area contributed by atoms with Gasteiger partial charge in [0.15, 0.2) is 0 Å². The number of carbonyl (C=O) groups excluding carboxylic acids is 1. The molecule has 0 spiro atoms. The Labute approximate surface area is 156 Å². The van der Waals surface area contributed by atoms with E-state index >= 15 is 0 Å². The molecule has 138 valence electrons. The first-order valence-electron chi connectivity index (χ1n) is 8.51. The molecule has 27 heavy (non-hydrogen) atoms. The molecule has 2 aromatic carbocycles. The first-order valence-corrected chi connectivity index (χ1v) is 8.51. The molecule has 1 heterocycles. The minimum Gasteiger partial charge on any atom is -0.354 e. The van der Waals surface area contributed by atoms with E-state index in [9.17, 15) is 13.6 Å². The van der Waals surface area contributed by atoms with Crippen LogP contribution in [0, 0.1) is 11.6 Å². The van der Waals surface area contributed by atoms with Crippen molar-refractivity contribution in [1.29, 1.82) is 0 Å².